The predicted octanol–water partition coefficient (Wildman–Crippen LogP) is 3.23. The summed E-state index contributed by atoms with van der Waals surface area (Å²) < 4.78 is 4.01. The number of rotatable bonds is 4. The minimum Gasteiger partial charge on any atom is -0.339 e. The number of hydrogen-bond acceptors (Lipinski definition) is 2. The van der Waals surface area contributed by atoms with Crippen molar-refractivity contribution in [3.63, 3.8) is 0 Å². The maximum absolute atomic E-state index is 12.8. The van der Waals surface area contributed by atoms with Gasteiger partial charge in [0.1, 0.15) is 0 Å². The molecule has 3 heterocycles. The monoisotopic (exact) mass is 334 g/mol. The predicted molar refractivity (Wildman–Crippen MR) is 96.6 cm³/mol. The van der Waals surface area contributed by atoms with Crippen LogP contribution in [0, 0.1) is 5.92 Å². The van der Waals surface area contributed by atoms with Crippen LogP contribution in [-0.2, 0) is 6.54 Å². The molecule has 128 valence electrons. The lowest BCUT2D eigenvalue weighted by Gasteiger charge is -2.32. The highest BCUT2D eigenvalue weighted by molar-refractivity contribution is 5.94. The largest absolute Gasteiger partial charge is 0.339 e. The molecule has 0 radical (unpaired) electrons. The second-order valence-corrected chi connectivity index (χ2v) is 6.60. The smallest absolute Gasteiger partial charge is 0.253 e. The van der Waals surface area contributed by atoms with E-state index >= 15 is 0 Å². The maximum Gasteiger partial charge on any atom is 0.253 e. The highest BCUT2D eigenvalue weighted by Crippen LogP contribution is 2.21. The van der Waals surface area contributed by atoms with Gasteiger partial charge in [-0.15, -0.1) is 0 Å². The maximum atomic E-state index is 12.8. The Labute approximate surface area is 147 Å². The van der Waals surface area contributed by atoms with Crippen LogP contribution in [0.4, 0.5) is 0 Å². The standard InChI is InChI=1S/C20H22N4O/c25-20(18-5-3-6-19(15-18)22-10-1-2-11-22)23-13-7-17(8-14-23)16-24-12-4-9-21-24/h1-6,9-12,15,17H,7-8,13-14,16H2. The Hall–Kier alpha value is -2.82. The summed E-state index contributed by atoms with van der Waals surface area (Å²) in [6.45, 7) is 2.58. The van der Waals surface area contributed by atoms with Gasteiger partial charge in [0.2, 0.25) is 0 Å². The lowest BCUT2D eigenvalue weighted by molar-refractivity contribution is 0.0681. The van der Waals surface area contributed by atoms with Gasteiger partial charge in [-0.25, -0.2) is 0 Å². The summed E-state index contributed by atoms with van der Waals surface area (Å²) >= 11 is 0. The fourth-order valence-electron chi connectivity index (χ4n) is 3.48. The van der Waals surface area contributed by atoms with Crippen LogP contribution in [0.2, 0.25) is 0 Å². The molecule has 1 fully saturated rings. The Kier molecular flexibility index (Phi) is 4.37. The normalized spacial score (nSPS) is 15.4. The molecule has 3 aromatic rings. The number of nitrogens with zero attached hydrogens (tertiary/aromatic N) is 4. The number of likely N-dealkylation sites (tertiary alicyclic amines) is 1. The van der Waals surface area contributed by atoms with Crippen molar-refractivity contribution in [3.8, 4) is 5.69 Å². The summed E-state index contributed by atoms with van der Waals surface area (Å²) in [6.07, 6.45) is 9.86. The first-order valence-corrected chi connectivity index (χ1v) is 8.80. The fraction of sp³-hybridized carbons (Fsp3) is 0.300. The Balaban J connectivity index is 1.40. The van der Waals surface area contributed by atoms with Gasteiger partial charge in [0.05, 0.1) is 0 Å². The highest BCUT2D eigenvalue weighted by Gasteiger charge is 2.24. The van der Waals surface area contributed by atoms with Crippen molar-refractivity contribution in [2.45, 2.75) is 19.4 Å². The van der Waals surface area contributed by atoms with Gasteiger partial charge in [-0.3, -0.25) is 9.48 Å². The van der Waals surface area contributed by atoms with Crippen LogP contribution in [0.3, 0.4) is 0 Å². The minimum absolute atomic E-state index is 0.131. The average Bonchev–Trinajstić information content (AvgIpc) is 3.36. The average molecular weight is 334 g/mol. The van der Waals surface area contributed by atoms with Gasteiger partial charge < -0.3 is 9.47 Å². The third-order valence-corrected chi connectivity index (χ3v) is 4.90. The quantitative estimate of drug-likeness (QED) is 0.735. The number of amides is 1. The van der Waals surface area contributed by atoms with Crippen molar-refractivity contribution in [1.29, 1.82) is 0 Å². The first kappa shape index (κ1) is 15.7. The second-order valence-electron chi connectivity index (χ2n) is 6.60. The third kappa shape index (κ3) is 3.50. The number of carbonyl (C=O) groups is 1. The van der Waals surface area contributed by atoms with Crippen molar-refractivity contribution >= 4 is 5.91 Å². The number of benzene rings is 1. The molecular weight excluding hydrogens is 312 g/mol. The van der Waals surface area contributed by atoms with Crippen molar-refractivity contribution in [2.24, 2.45) is 5.92 Å². The molecule has 0 aliphatic carbocycles. The first-order valence-electron chi connectivity index (χ1n) is 8.80. The molecule has 0 atom stereocenters. The van der Waals surface area contributed by atoms with Gasteiger partial charge in [-0.05, 0) is 55.2 Å². The Morgan fingerprint density at radius 3 is 2.56 bits per heavy atom. The summed E-state index contributed by atoms with van der Waals surface area (Å²) in [5.74, 6) is 0.724. The molecule has 5 nitrogen and oxygen atoms in total. The van der Waals surface area contributed by atoms with Crippen molar-refractivity contribution < 1.29 is 4.79 Å². The number of carbonyl (C=O) groups excluding carboxylic acids is 1. The second kappa shape index (κ2) is 6.97. The molecule has 0 unspecified atom stereocenters. The molecule has 0 saturated carbocycles. The van der Waals surface area contributed by atoms with Gasteiger partial charge >= 0.3 is 0 Å². The zero-order chi connectivity index (χ0) is 17.1. The van der Waals surface area contributed by atoms with Crippen molar-refractivity contribution in [3.05, 3.63) is 72.8 Å². The molecule has 4 rings (SSSR count). The molecule has 1 amide bonds. The molecule has 0 N–H and O–H groups in total. The van der Waals surface area contributed by atoms with Crippen LogP contribution in [0.5, 0.6) is 0 Å². The van der Waals surface area contributed by atoms with E-state index in [0.29, 0.717) is 5.92 Å². The molecule has 0 spiro atoms. The van der Waals surface area contributed by atoms with Gasteiger partial charge in [-0.2, -0.15) is 5.10 Å². The Morgan fingerprint density at radius 2 is 1.84 bits per heavy atom. The lowest BCUT2D eigenvalue weighted by Crippen LogP contribution is -2.39. The van der Waals surface area contributed by atoms with Crippen LogP contribution >= 0.6 is 0 Å². The number of aromatic nitrogens is 3. The Morgan fingerprint density at radius 1 is 1.04 bits per heavy atom. The SMILES string of the molecule is O=C(c1cccc(-n2cccc2)c1)N1CCC(Cn2cccn2)CC1. The molecule has 25 heavy (non-hydrogen) atoms. The molecule has 2 aromatic heterocycles. The molecule has 1 aromatic carbocycles. The van der Waals surface area contributed by atoms with Crippen LogP contribution < -0.4 is 0 Å². The summed E-state index contributed by atoms with van der Waals surface area (Å²) in [4.78, 5) is 14.8. The third-order valence-electron chi connectivity index (χ3n) is 4.90. The van der Waals surface area contributed by atoms with Crippen molar-refractivity contribution in [2.75, 3.05) is 13.1 Å². The van der Waals surface area contributed by atoms with Crippen LogP contribution in [0.15, 0.2) is 67.3 Å². The van der Waals surface area contributed by atoms with E-state index < -0.39 is 0 Å². The van der Waals surface area contributed by atoms with Gasteiger partial charge in [0.15, 0.2) is 0 Å². The number of hydrogen-bond donors (Lipinski definition) is 0. The van der Waals surface area contributed by atoms with Gasteiger partial charge in [0, 0.05) is 55.7 Å². The molecule has 1 aliphatic heterocycles. The summed E-state index contributed by atoms with van der Waals surface area (Å²) in [7, 11) is 0. The van der Waals surface area contributed by atoms with E-state index in [0.717, 1.165) is 43.7 Å². The van der Waals surface area contributed by atoms with Crippen LogP contribution in [0.25, 0.3) is 5.69 Å². The molecule has 5 heteroatoms. The van der Waals surface area contributed by atoms with E-state index in [1.807, 2.05) is 81.4 Å². The summed E-state index contributed by atoms with van der Waals surface area (Å²) in [5, 5.41) is 4.28. The minimum atomic E-state index is 0.131. The molecule has 0 bridgehead atoms. The fourth-order valence-corrected chi connectivity index (χ4v) is 3.48. The lowest BCUT2D eigenvalue weighted by atomic mass is 9.96. The molecule has 1 saturated heterocycles. The van der Waals surface area contributed by atoms with Crippen LogP contribution in [0.1, 0.15) is 23.2 Å². The van der Waals surface area contributed by atoms with Crippen molar-refractivity contribution in [1.82, 2.24) is 19.2 Å². The van der Waals surface area contributed by atoms with E-state index in [1.165, 1.54) is 0 Å². The van der Waals surface area contributed by atoms with Crippen LogP contribution in [-0.4, -0.2) is 38.2 Å². The van der Waals surface area contributed by atoms with Gasteiger partial charge in [0.25, 0.3) is 5.91 Å². The van der Waals surface area contributed by atoms with E-state index in [4.69, 9.17) is 0 Å². The zero-order valence-electron chi connectivity index (χ0n) is 14.2. The summed E-state index contributed by atoms with van der Waals surface area (Å²) in [5.41, 5.74) is 1.78. The molecule has 1 aliphatic rings. The zero-order valence-corrected chi connectivity index (χ0v) is 14.2. The first-order chi connectivity index (χ1) is 12.3. The van der Waals surface area contributed by atoms with E-state index in [1.54, 1.807) is 0 Å². The number of piperidine rings is 1. The molecular formula is C20H22N4O. The highest BCUT2D eigenvalue weighted by atomic mass is 16.2. The van der Waals surface area contributed by atoms with E-state index in [9.17, 15) is 4.79 Å². The Bertz CT molecular complexity index is 815. The van der Waals surface area contributed by atoms with E-state index in [-0.39, 0.29) is 5.91 Å². The topological polar surface area (TPSA) is 43.1 Å². The summed E-state index contributed by atoms with van der Waals surface area (Å²) in [6, 6.07) is 13.8. The van der Waals surface area contributed by atoms with Gasteiger partial charge in [-0.1, -0.05) is 6.07 Å². The van der Waals surface area contributed by atoms with E-state index in [2.05, 4.69) is 5.10 Å².